The number of nitrogens with one attached hydrogen (secondary N) is 1. The lowest BCUT2D eigenvalue weighted by molar-refractivity contribution is 0.518. The summed E-state index contributed by atoms with van der Waals surface area (Å²) in [5, 5.41) is 4.74. The number of benzene rings is 1. The Bertz CT molecular complexity index is 511. The number of fused-ring (bicyclic) bond motifs is 1. The Hall–Kier alpha value is -1.28. The minimum atomic E-state index is 0.800. The summed E-state index contributed by atoms with van der Waals surface area (Å²) >= 11 is 0. The molecule has 0 saturated carbocycles. The molecule has 1 aromatic heterocycles. The van der Waals surface area contributed by atoms with E-state index in [1.807, 2.05) is 0 Å². The van der Waals surface area contributed by atoms with Crippen LogP contribution in [0.3, 0.4) is 0 Å². The maximum Gasteiger partial charge on any atom is 0.0480 e. The fourth-order valence-corrected chi connectivity index (χ4v) is 2.49. The molecule has 2 heteroatoms. The van der Waals surface area contributed by atoms with Gasteiger partial charge in [-0.15, -0.1) is 0 Å². The van der Waals surface area contributed by atoms with Gasteiger partial charge >= 0.3 is 0 Å². The summed E-state index contributed by atoms with van der Waals surface area (Å²) in [7, 11) is 0. The highest BCUT2D eigenvalue weighted by molar-refractivity contribution is 5.80. The van der Waals surface area contributed by atoms with Crippen LogP contribution in [0.15, 0.2) is 30.5 Å². The van der Waals surface area contributed by atoms with Gasteiger partial charge in [-0.05, 0) is 54.5 Å². The molecule has 0 atom stereocenters. The van der Waals surface area contributed by atoms with Crippen LogP contribution in [0.2, 0.25) is 0 Å². The number of nitrogens with zero attached hydrogens (tertiary/aromatic N) is 1. The van der Waals surface area contributed by atoms with E-state index in [4.69, 9.17) is 0 Å². The molecule has 0 aliphatic carbocycles. The fourth-order valence-electron chi connectivity index (χ4n) is 2.49. The molecule has 1 aromatic carbocycles. The summed E-state index contributed by atoms with van der Waals surface area (Å²) in [5.41, 5.74) is 2.73. The van der Waals surface area contributed by atoms with E-state index in [9.17, 15) is 0 Å². The van der Waals surface area contributed by atoms with Crippen molar-refractivity contribution < 1.29 is 0 Å². The van der Waals surface area contributed by atoms with E-state index in [-0.39, 0.29) is 0 Å². The second-order valence-electron chi connectivity index (χ2n) is 5.72. The van der Waals surface area contributed by atoms with Gasteiger partial charge in [0.05, 0.1) is 0 Å². The van der Waals surface area contributed by atoms with Crippen LogP contribution in [0.4, 0.5) is 0 Å². The van der Waals surface area contributed by atoms with Crippen molar-refractivity contribution in [3.05, 3.63) is 36.0 Å². The van der Waals surface area contributed by atoms with Crippen molar-refractivity contribution in [2.45, 2.75) is 46.7 Å². The van der Waals surface area contributed by atoms with E-state index >= 15 is 0 Å². The van der Waals surface area contributed by atoms with Gasteiger partial charge in [-0.25, -0.2) is 0 Å². The molecule has 2 nitrogen and oxygen atoms in total. The minimum Gasteiger partial charge on any atom is -0.347 e. The number of aromatic nitrogens is 1. The molecular weight excluding hydrogens is 232 g/mol. The first-order valence-corrected chi connectivity index (χ1v) is 7.49. The summed E-state index contributed by atoms with van der Waals surface area (Å²) in [6.07, 6.45) is 4.79. The van der Waals surface area contributed by atoms with Gasteiger partial charge < -0.3 is 9.88 Å². The Kier molecular flexibility index (Phi) is 5.03. The van der Waals surface area contributed by atoms with Gasteiger partial charge in [0.1, 0.15) is 0 Å². The van der Waals surface area contributed by atoms with E-state index in [0.29, 0.717) is 0 Å². The van der Waals surface area contributed by atoms with Gasteiger partial charge in [-0.3, -0.25) is 0 Å². The second-order valence-corrected chi connectivity index (χ2v) is 5.72. The molecule has 2 aromatic rings. The van der Waals surface area contributed by atoms with E-state index in [1.165, 1.54) is 29.3 Å². The van der Waals surface area contributed by atoms with Crippen LogP contribution in [0.25, 0.3) is 10.9 Å². The maximum atomic E-state index is 3.38. The number of hydrogen-bond donors (Lipinski definition) is 1. The molecule has 0 amide bonds. The Morgan fingerprint density at radius 3 is 2.79 bits per heavy atom. The van der Waals surface area contributed by atoms with Gasteiger partial charge in [0.25, 0.3) is 0 Å². The zero-order valence-corrected chi connectivity index (χ0v) is 12.4. The predicted octanol–water partition coefficient (Wildman–Crippen LogP) is 4.19. The number of aryl methyl sites for hydroxylation is 1. The fraction of sp³-hybridized carbons (Fsp3) is 0.529. The standard InChI is InChI=1S/C17H26N2/c1-4-18-13-15-7-8-17-16(12-15)9-11-19(17)10-5-6-14(2)3/h7-9,11-12,14,18H,4-6,10,13H2,1-3H3. The molecule has 1 heterocycles. The lowest BCUT2D eigenvalue weighted by atomic mass is 10.1. The van der Waals surface area contributed by atoms with Crippen LogP contribution in [0.1, 0.15) is 39.2 Å². The molecule has 1 N–H and O–H groups in total. The SMILES string of the molecule is CCNCc1ccc2c(ccn2CCCC(C)C)c1. The van der Waals surface area contributed by atoms with Crippen molar-refractivity contribution >= 4 is 10.9 Å². The zero-order valence-electron chi connectivity index (χ0n) is 12.4. The smallest absolute Gasteiger partial charge is 0.0480 e. The van der Waals surface area contributed by atoms with E-state index in [1.54, 1.807) is 0 Å². The first-order valence-electron chi connectivity index (χ1n) is 7.49. The van der Waals surface area contributed by atoms with Gasteiger partial charge in [-0.1, -0.05) is 26.8 Å². The van der Waals surface area contributed by atoms with Crippen LogP contribution in [-0.2, 0) is 13.1 Å². The second kappa shape index (κ2) is 6.76. The average molecular weight is 258 g/mol. The topological polar surface area (TPSA) is 17.0 Å². The number of hydrogen-bond acceptors (Lipinski definition) is 1. The molecule has 0 unspecified atom stereocenters. The lowest BCUT2D eigenvalue weighted by Gasteiger charge is -2.08. The third kappa shape index (κ3) is 3.84. The molecule has 0 aliphatic heterocycles. The Labute approximate surface area is 116 Å². The third-order valence-electron chi connectivity index (χ3n) is 3.60. The van der Waals surface area contributed by atoms with Gasteiger partial charge in [-0.2, -0.15) is 0 Å². The van der Waals surface area contributed by atoms with Crippen molar-refractivity contribution in [1.29, 1.82) is 0 Å². The molecule has 0 radical (unpaired) electrons. The van der Waals surface area contributed by atoms with Crippen molar-refractivity contribution in [1.82, 2.24) is 9.88 Å². The Morgan fingerprint density at radius 1 is 1.21 bits per heavy atom. The molecule has 0 bridgehead atoms. The Balaban J connectivity index is 2.06. The van der Waals surface area contributed by atoms with Crippen molar-refractivity contribution in [2.24, 2.45) is 5.92 Å². The molecule has 0 fully saturated rings. The first kappa shape index (κ1) is 14.1. The van der Waals surface area contributed by atoms with Gasteiger partial charge in [0.2, 0.25) is 0 Å². The molecule has 104 valence electrons. The molecule has 0 spiro atoms. The average Bonchev–Trinajstić information content (AvgIpc) is 2.79. The summed E-state index contributed by atoms with van der Waals surface area (Å²) in [4.78, 5) is 0. The summed E-state index contributed by atoms with van der Waals surface area (Å²) in [6.45, 7) is 9.85. The van der Waals surface area contributed by atoms with Gasteiger partial charge in [0, 0.05) is 24.8 Å². The summed E-state index contributed by atoms with van der Waals surface area (Å²) < 4.78 is 2.38. The third-order valence-corrected chi connectivity index (χ3v) is 3.60. The van der Waals surface area contributed by atoms with Crippen molar-refractivity contribution in [2.75, 3.05) is 6.54 Å². The molecular formula is C17H26N2. The highest BCUT2D eigenvalue weighted by atomic mass is 14.9. The summed E-state index contributed by atoms with van der Waals surface area (Å²) in [5.74, 6) is 0.800. The number of rotatable bonds is 7. The van der Waals surface area contributed by atoms with Crippen LogP contribution < -0.4 is 5.32 Å². The Morgan fingerprint density at radius 2 is 2.05 bits per heavy atom. The highest BCUT2D eigenvalue weighted by Crippen LogP contribution is 2.19. The first-order chi connectivity index (χ1) is 9.20. The van der Waals surface area contributed by atoms with Crippen LogP contribution in [-0.4, -0.2) is 11.1 Å². The van der Waals surface area contributed by atoms with E-state index in [0.717, 1.165) is 25.6 Å². The molecule has 2 rings (SSSR count). The van der Waals surface area contributed by atoms with Crippen LogP contribution >= 0.6 is 0 Å². The molecule has 19 heavy (non-hydrogen) atoms. The van der Waals surface area contributed by atoms with Gasteiger partial charge in [0.15, 0.2) is 0 Å². The molecule has 0 aliphatic rings. The van der Waals surface area contributed by atoms with Crippen LogP contribution in [0, 0.1) is 5.92 Å². The van der Waals surface area contributed by atoms with E-state index in [2.05, 4.69) is 61.1 Å². The quantitative estimate of drug-likeness (QED) is 0.788. The largest absolute Gasteiger partial charge is 0.347 e. The van der Waals surface area contributed by atoms with Crippen molar-refractivity contribution in [3.8, 4) is 0 Å². The highest BCUT2D eigenvalue weighted by Gasteiger charge is 2.03. The summed E-state index contributed by atoms with van der Waals surface area (Å²) in [6, 6.07) is 9.04. The monoisotopic (exact) mass is 258 g/mol. The lowest BCUT2D eigenvalue weighted by Crippen LogP contribution is -2.11. The zero-order chi connectivity index (χ0) is 13.7. The minimum absolute atomic E-state index is 0.800. The maximum absolute atomic E-state index is 3.38. The normalized spacial score (nSPS) is 11.6. The predicted molar refractivity (Wildman–Crippen MR) is 83.4 cm³/mol. The molecule has 0 saturated heterocycles. The van der Waals surface area contributed by atoms with E-state index < -0.39 is 0 Å². The van der Waals surface area contributed by atoms with Crippen LogP contribution in [0.5, 0.6) is 0 Å². The van der Waals surface area contributed by atoms with Crippen molar-refractivity contribution in [3.63, 3.8) is 0 Å².